The lowest BCUT2D eigenvalue weighted by molar-refractivity contribution is 0.584. The largest absolute Gasteiger partial charge is 0.279 e. The standard InChI is InChI=1S/C13H10ClF2NO2S/c1-8-12(14)3-2-4-13(8)20(18,19)17-11-6-9(15)5-10(16)7-11/h2-7,17H,1H3. The van der Waals surface area contributed by atoms with E-state index in [1.165, 1.54) is 12.1 Å². The monoisotopic (exact) mass is 317 g/mol. The van der Waals surface area contributed by atoms with Crippen molar-refractivity contribution < 1.29 is 17.2 Å². The van der Waals surface area contributed by atoms with Crippen LogP contribution in [0.4, 0.5) is 14.5 Å². The summed E-state index contributed by atoms with van der Waals surface area (Å²) in [4.78, 5) is -0.0466. The lowest BCUT2D eigenvalue weighted by Crippen LogP contribution is -2.14. The fourth-order valence-corrected chi connectivity index (χ4v) is 3.24. The summed E-state index contributed by atoms with van der Waals surface area (Å²) in [6.45, 7) is 1.54. The zero-order chi connectivity index (χ0) is 14.9. The molecule has 0 aliphatic carbocycles. The number of sulfonamides is 1. The predicted octanol–water partition coefficient (Wildman–Crippen LogP) is 3.73. The van der Waals surface area contributed by atoms with Gasteiger partial charge in [-0.15, -0.1) is 0 Å². The molecule has 106 valence electrons. The van der Waals surface area contributed by atoms with E-state index in [9.17, 15) is 17.2 Å². The lowest BCUT2D eigenvalue weighted by Gasteiger charge is -2.11. The number of benzene rings is 2. The van der Waals surface area contributed by atoms with E-state index in [0.717, 1.165) is 12.1 Å². The molecule has 7 heteroatoms. The molecule has 0 saturated heterocycles. The molecule has 0 heterocycles. The first kappa shape index (κ1) is 14.7. The van der Waals surface area contributed by atoms with E-state index in [1.54, 1.807) is 13.0 Å². The molecule has 0 aliphatic rings. The SMILES string of the molecule is Cc1c(Cl)cccc1S(=O)(=O)Nc1cc(F)cc(F)c1. The average molecular weight is 318 g/mol. The van der Waals surface area contributed by atoms with Crippen LogP contribution < -0.4 is 4.72 Å². The number of hydrogen-bond acceptors (Lipinski definition) is 2. The molecule has 2 rings (SSSR count). The van der Waals surface area contributed by atoms with Gasteiger partial charge in [-0.2, -0.15) is 0 Å². The molecular weight excluding hydrogens is 308 g/mol. The normalized spacial score (nSPS) is 11.4. The Morgan fingerprint density at radius 3 is 2.30 bits per heavy atom. The first-order valence-electron chi connectivity index (χ1n) is 5.53. The molecule has 0 fully saturated rings. The first-order chi connectivity index (χ1) is 9.29. The molecule has 0 bridgehead atoms. The van der Waals surface area contributed by atoms with Gasteiger partial charge in [-0.05, 0) is 36.8 Å². The fraction of sp³-hybridized carbons (Fsp3) is 0.0769. The highest BCUT2D eigenvalue weighted by atomic mass is 35.5. The van der Waals surface area contributed by atoms with Gasteiger partial charge in [-0.3, -0.25) is 4.72 Å². The molecule has 0 aromatic heterocycles. The van der Waals surface area contributed by atoms with Gasteiger partial charge in [0.25, 0.3) is 10.0 Å². The maximum absolute atomic E-state index is 13.1. The van der Waals surface area contributed by atoms with Gasteiger partial charge in [0.05, 0.1) is 10.6 Å². The fourth-order valence-electron chi connectivity index (χ4n) is 1.70. The van der Waals surface area contributed by atoms with Crippen LogP contribution in [0.3, 0.4) is 0 Å². The van der Waals surface area contributed by atoms with Crippen LogP contribution in [0.5, 0.6) is 0 Å². The van der Waals surface area contributed by atoms with Crippen LogP contribution in [0, 0.1) is 18.6 Å². The van der Waals surface area contributed by atoms with Crippen LogP contribution >= 0.6 is 11.6 Å². The van der Waals surface area contributed by atoms with Gasteiger partial charge in [-0.1, -0.05) is 17.7 Å². The van der Waals surface area contributed by atoms with Crippen LogP contribution in [0.1, 0.15) is 5.56 Å². The van der Waals surface area contributed by atoms with Crippen LogP contribution in [0.2, 0.25) is 5.02 Å². The average Bonchev–Trinajstić information content (AvgIpc) is 2.30. The summed E-state index contributed by atoms with van der Waals surface area (Å²) in [6, 6.07) is 6.83. The third-order valence-electron chi connectivity index (χ3n) is 2.62. The molecule has 0 amide bonds. The molecule has 2 aromatic carbocycles. The topological polar surface area (TPSA) is 46.2 Å². The number of nitrogens with one attached hydrogen (secondary N) is 1. The van der Waals surface area contributed by atoms with E-state index >= 15 is 0 Å². The third kappa shape index (κ3) is 3.08. The molecule has 1 N–H and O–H groups in total. The summed E-state index contributed by atoms with van der Waals surface area (Å²) in [5.74, 6) is -1.74. The summed E-state index contributed by atoms with van der Waals surface area (Å²) < 4.78 is 52.6. The van der Waals surface area contributed by atoms with Gasteiger partial charge in [-0.25, -0.2) is 17.2 Å². The van der Waals surface area contributed by atoms with Crippen molar-refractivity contribution >= 4 is 27.3 Å². The van der Waals surface area contributed by atoms with E-state index < -0.39 is 21.7 Å². The number of halogens is 3. The second kappa shape index (κ2) is 5.38. The van der Waals surface area contributed by atoms with Gasteiger partial charge in [0.15, 0.2) is 0 Å². The Kier molecular flexibility index (Phi) is 3.96. The second-order valence-corrected chi connectivity index (χ2v) is 6.18. The van der Waals surface area contributed by atoms with Crippen LogP contribution in [0.25, 0.3) is 0 Å². The maximum atomic E-state index is 13.1. The molecule has 0 radical (unpaired) electrons. The molecule has 0 atom stereocenters. The molecule has 3 nitrogen and oxygen atoms in total. The first-order valence-corrected chi connectivity index (χ1v) is 7.40. The summed E-state index contributed by atoms with van der Waals surface area (Å²) in [5, 5.41) is 0.290. The van der Waals surface area contributed by atoms with Gasteiger partial charge in [0.2, 0.25) is 0 Å². The minimum Gasteiger partial charge on any atom is -0.279 e. The van der Waals surface area contributed by atoms with Crippen LogP contribution in [-0.2, 0) is 10.0 Å². The number of anilines is 1. The molecule has 0 aliphatic heterocycles. The quantitative estimate of drug-likeness (QED) is 0.937. The molecular formula is C13H10ClF2NO2S. The Balaban J connectivity index is 2.43. The summed E-state index contributed by atoms with van der Waals surface area (Å²) in [7, 11) is -3.97. The molecule has 0 spiro atoms. The summed E-state index contributed by atoms with van der Waals surface area (Å²) >= 11 is 5.86. The second-order valence-electron chi connectivity index (χ2n) is 4.13. The van der Waals surface area contributed by atoms with Crippen molar-refractivity contribution in [2.24, 2.45) is 0 Å². The van der Waals surface area contributed by atoms with Gasteiger partial charge < -0.3 is 0 Å². The van der Waals surface area contributed by atoms with Crippen molar-refractivity contribution in [3.05, 3.63) is 58.6 Å². The Morgan fingerprint density at radius 1 is 1.10 bits per heavy atom. The smallest absolute Gasteiger partial charge is 0.262 e. The zero-order valence-corrected chi connectivity index (χ0v) is 11.9. The minimum atomic E-state index is -3.97. The highest BCUT2D eigenvalue weighted by molar-refractivity contribution is 7.92. The minimum absolute atomic E-state index is 0.0466. The van der Waals surface area contributed by atoms with E-state index in [4.69, 9.17) is 11.6 Å². The lowest BCUT2D eigenvalue weighted by atomic mass is 10.2. The zero-order valence-electron chi connectivity index (χ0n) is 10.3. The van der Waals surface area contributed by atoms with Crippen molar-refractivity contribution in [2.75, 3.05) is 4.72 Å². The van der Waals surface area contributed by atoms with E-state index in [2.05, 4.69) is 4.72 Å². The Morgan fingerprint density at radius 2 is 1.70 bits per heavy atom. The molecule has 20 heavy (non-hydrogen) atoms. The Bertz CT molecular complexity index is 743. The van der Waals surface area contributed by atoms with E-state index in [0.29, 0.717) is 16.7 Å². The maximum Gasteiger partial charge on any atom is 0.262 e. The van der Waals surface area contributed by atoms with Gasteiger partial charge in [0.1, 0.15) is 11.6 Å². The predicted molar refractivity (Wildman–Crippen MR) is 73.4 cm³/mol. The molecule has 0 saturated carbocycles. The van der Waals surface area contributed by atoms with Crippen molar-refractivity contribution in [1.29, 1.82) is 0 Å². The van der Waals surface area contributed by atoms with Crippen LogP contribution in [0.15, 0.2) is 41.3 Å². The Hall–Kier alpha value is -1.66. The van der Waals surface area contributed by atoms with Crippen molar-refractivity contribution in [2.45, 2.75) is 11.8 Å². The van der Waals surface area contributed by atoms with E-state index in [-0.39, 0.29) is 10.6 Å². The Labute approximate surface area is 120 Å². The number of hydrogen-bond donors (Lipinski definition) is 1. The van der Waals surface area contributed by atoms with E-state index in [1.807, 2.05) is 0 Å². The summed E-state index contributed by atoms with van der Waals surface area (Å²) in [6.07, 6.45) is 0. The molecule has 0 unspecified atom stereocenters. The highest BCUT2D eigenvalue weighted by Gasteiger charge is 2.18. The van der Waals surface area contributed by atoms with Crippen molar-refractivity contribution in [3.8, 4) is 0 Å². The third-order valence-corrected chi connectivity index (χ3v) is 4.56. The van der Waals surface area contributed by atoms with Gasteiger partial charge in [0, 0.05) is 11.1 Å². The molecule has 2 aromatic rings. The van der Waals surface area contributed by atoms with Gasteiger partial charge >= 0.3 is 0 Å². The van der Waals surface area contributed by atoms with Crippen LogP contribution in [-0.4, -0.2) is 8.42 Å². The number of rotatable bonds is 3. The van der Waals surface area contributed by atoms with Crippen molar-refractivity contribution in [1.82, 2.24) is 0 Å². The highest BCUT2D eigenvalue weighted by Crippen LogP contribution is 2.25. The summed E-state index contributed by atoms with van der Waals surface area (Å²) in [5.41, 5.74) is 0.167. The van der Waals surface area contributed by atoms with Crippen molar-refractivity contribution in [3.63, 3.8) is 0 Å².